The Labute approximate surface area is 168 Å². The van der Waals surface area contributed by atoms with E-state index in [1.54, 1.807) is 0 Å². The second kappa shape index (κ2) is 11.0. The number of fused-ring (bicyclic) bond motifs is 1. The van der Waals surface area contributed by atoms with E-state index in [0.717, 1.165) is 54.0 Å². The van der Waals surface area contributed by atoms with Crippen LogP contribution in [-0.2, 0) is 22.6 Å². The molecule has 0 radical (unpaired) electrons. The van der Waals surface area contributed by atoms with Gasteiger partial charge in [0.2, 0.25) is 0 Å². The molecule has 0 aliphatic rings. The van der Waals surface area contributed by atoms with E-state index >= 15 is 0 Å². The molecule has 154 valence electrons. The number of hydrogen-bond donors (Lipinski definition) is 1. The molecule has 2 aromatic heterocycles. The number of imidazole rings is 1. The molecule has 0 atom stereocenters. The van der Waals surface area contributed by atoms with Gasteiger partial charge in [0.1, 0.15) is 17.9 Å². The number of aromatic nitrogens is 3. The number of rotatable bonds is 12. The summed E-state index contributed by atoms with van der Waals surface area (Å²) in [5.74, 6) is 1.34. The number of nitrogens with two attached hydrogens (primary N) is 1. The Kier molecular flexibility index (Phi) is 8.67. The van der Waals surface area contributed by atoms with Crippen molar-refractivity contribution in [3.8, 4) is 0 Å². The van der Waals surface area contributed by atoms with E-state index in [9.17, 15) is 0 Å². The highest BCUT2D eigenvalue weighted by atomic mass is 16.5. The number of ether oxygens (including phenoxy) is 2. The van der Waals surface area contributed by atoms with Crippen molar-refractivity contribution in [2.75, 3.05) is 25.6 Å². The average Bonchev–Trinajstić information content (AvgIpc) is 3.04. The van der Waals surface area contributed by atoms with Gasteiger partial charge in [0.25, 0.3) is 0 Å². The fourth-order valence-corrected chi connectivity index (χ4v) is 3.19. The van der Waals surface area contributed by atoms with Crippen LogP contribution in [-0.4, -0.2) is 34.4 Å². The molecular weight excluding hydrogens is 352 g/mol. The SMILES string of the molecule is C=CC/C=C(\C)CCCOCCn1c(COCC)nc2c(N)nc(C)c(C)c21. The molecule has 2 heterocycles. The Balaban J connectivity index is 2.03. The predicted molar refractivity (Wildman–Crippen MR) is 115 cm³/mol. The fraction of sp³-hybridized carbons (Fsp3) is 0.545. The maximum Gasteiger partial charge on any atom is 0.151 e. The topological polar surface area (TPSA) is 75.2 Å². The fourth-order valence-electron chi connectivity index (χ4n) is 3.19. The smallest absolute Gasteiger partial charge is 0.151 e. The first-order valence-corrected chi connectivity index (χ1v) is 10.0. The molecule has 0 saturated carbocycles. The molecule has 6 heteroatoms. The van der Waals surface area contributed by atoms with Gasteiger partial charge in [-0.2, -0.15) is 0 Å². The van der Waals surface area contributed by atoms with Gasteiger partial charge in [-0.15, -0.1) is 6.58 Å². The van der Waals surface area contributed by atoms with E-state index in [0.29, 0.717) is 32.2 Å². The Morgan fingerprint density at radius 2 is 2.00 bits per heavy atom. The third-order valence-corrected chi connectivity index (χ3v) is 4.86. The number of hydrogen-bond acceptors (Lipinski definition) is 5. The predicted octanol–water partition coefficient (Wildman–Crippen LogP) is 4.49. The van der Waals surface area contributed by atoms with E-state index < -0.39 is 0 Å². The van der Waals surface area contributed by atoms with Gasteiger partial charge < -0.3 is 19.8 Å². The van der Waals surface area contributed by atoms with Crippen LogP contribution < -0.4 is 5.73 Å². The van der Waals surface area contributed by atoms with E-state index in [-0.39, 0.29) is 0 Å². The summed E-state index contributed by atoms with van der Waals surface area (Å²) >= 11 is 0. The van der Waals surface area contributed by atoms with E-state index in [1.165, 1.54) is 5.57 Å². The molecule has 2 rings (SSSR count). The van der Waals surface area contributed by atoms with Gasteiger partial charge in [-0.1, -0.05) is 17.7 Å². The summed E-state index contributed by atoms with van der Waals surface area (Å²) in [6.45, 7) is 15.1. The van der Waals surface area contributed by atoms with Crippen molar-refractivity contribution < 1.29 is 9.47 Å². The Morgan fingerprint density at radius 1 is 1.21 bits per heavy atom. The Morgan fingerprint density at radius 3 is 2.71 bits per heavy atom. The lowest BCUT2D eigenvalue weighted by atomic mass is 10.1. The number of aryl methyl sites for hydroxylation is 2. The van der Waals surface area contributed by atoms with Crippen LogP contribution in [0.1, 0.15) is 50.2 Å². The lowest BCUT2D eigenvalue weighted by Gasteiger charge is -2.12. The standard InChI is InChI=1S/C22H34N4O2/c1-6-8-10-16(3)11-9-13-28-14-12-26-19(15-27-7-2)25-20-21(26)17(4)18(5)24-22(20)23/h6,10H,1,7-9,11-15H2,2-5H3,(H2,23,24)/b16-10+. The van der Waals surface area contributed by atoms with Crippen LogP contribution in [0.4, 0.5) is 5.82 Å². The molecule has 28 heavy (non-hydrogen) atoms. The van der Waals surface area contributed by atoms with Crippen LogP contribution in [0.3, 0.4) is 0 Å². The highest BCUT2D eigenvalue weighted by Crippen LogP contribution is 2.26. The Bertz CT molecular complexity index is 824. The molecule has 0 spiro atoms. The minimum absolute atomic E-state index is 0.455. The molecule has 0 aliphatic carbocycles. The third kappa shape index (κ3) is 5.66. The van der Waals surface area contributed by atoms with E-state index in [2.05, 4.69) is 36.1 Å². The van der Waals surface area contributed by atoms with Crippen molar-refractivity contribution >= 4 is 16.9 Å². The normalized spacial score (nSPS) is 12.1. The monoisotopic (exact) mass is 386 g/mol. The van der Waals surface area contributed by atoms with Crippen molar-refractivity contribution in [1.29, 1.82) is 0 Å². The first-order valence-electron chi connectivity index (χ1n) is 10.0. The summed E-state index contributed by atoms with van der Waals surface area (Å²) in [6.07, 6.45) is 7.14. The van der Waals surface area contributed by atoms with Crippen molar-refractivity contribution in [2.24, 2.45) is 0 Å². The van der Waals surface area contributed by atoms with Crippen LogP contribution in [0.2, 0.25) is 0 Å². The quantitative estimate of drug-likeness (QED) is 0.430. The average molecular weight is 387 g/mol. The number of pyridine rings is 1. The molecule has 0 bridgehead atoms. The van der Waals surface area contributed by atoms with Crippen LogP contribution in [0.15, 0.2) is 24.3 Å². The zero-order valence-corrected chi connectivity index (χ0v) is 17.8. The molecule has 2 aromatic rings. The molecule has 2 N–H and O–H groups in total. The first-order chi connectivity index (χ1) is 13.5. The molecular formula is C22H34N4O2. The molecule has 0 saturated heterocycles. The van der Waals surface area contributed by atoms with Crippen LogP contribution in [0.5, 0.6) is 0 Å². The Hall–Kier alpha value is -2.18. The number of anilines is 1. The molecule has 0 aliphatic heterocycles. The highest BCUT2D eigenvalue weighted by molar-refractivity contribution is 5.88. The summed E-state index contributed by atoms with van der Waals surface area (Å²) in [5.41, 5.74) is 11.3. The van der Waals surface area contributed by atoms with Crippen LogP contribution in [0.25, 0.3) is 11.0 Å². The van der Waals surface area contributed by atoms with Crippen molar-refractivity contribution in [3.63, 3.8) is 0 Å². The summed E-state index contributed by atoms with van der Waals surface area (Å²) in [5, 5.41) is 0. The lowest BCUT2D eigenvalue weighted by molar-refractivity contribution is 0.112. The zero-order chi connectivity index (χ0) is 20.5. The van der Waals surface area contributed by atoms with Crippen molar-refractivity contribution in [2.45, 2.75) is 60.1 Å². The number of allylic oxidation sites excluding steroid dienone is 3. The number of nitrogens with zero attached hydrogens (tertiary/aromatic N) is 3. The largest absolute Gasteiger partial charge is 0.382 e. The molecule has 6 nitrogen and oxygen atoms in total. The van der Waals surface area contributed by atoms with Crippen LogP contribution >= 0.6 is 0 Å². The van der Waals surface area contributed by atoms with Crippen molar-refractivity contribution in [3.05, 3.63) is 41.4 Å². The minimum Gasteiger partial charge on any atom is -0.382 e. The van der Waals surface area contributed by atoms with Gasteiger partial charge >= 0.3 is 0 Å². The highest BCUT2D eigenvalue weighted by Gasteiger charge is 2.17. The minimum atomic E-state index is 0.455. The second-order valence-electron chi connectivity index (χ2n) is 7.01. The first kappa shape index (κ1) is 22.1. The molecule has 0 aromatic carbocycles. The van der Waals surface area contributed by atoms with Crippen LogP contribution in [0, 0.1) is 13.8 Å². The van der Waals surface area contributed by atoms with Gasteiger partial charge in [-0.3, -0.25) is 0 Å². The lowest BCUT2D eigenvalue weighted by Crippen LogP contribution is -2.12. The van der Waals surface area contributed by atoms with Gasteiger partial charge in [-0.05, 0) is 52.5 Å². The molecule has 0 amide bonds. The van der Waals surface area contributed by atoms with Gasteiger partial charge in [0.05, 0.1) is 12.1 Å². The van der Waals surface area contributed by atoms with Gasteiger partial charge in [-0.25, -0.2) is 9.97 Å². The third-order valence-electron chi connectivity index (χ3n) is 4.86. The summed E-state index contributed by atoms with van der Waals surface area (Å²) in [6, 6.07) is 0. The summed E-state index contributed by atoms with van der Waals surface area (Å²) < 4.78 is 13.7. The summed E-state index contributed by atoms with van der Waals surface area (Å²) in [7, 11) is 0. The number of nitrogen functional groups attached to an aromatic ring is 1. The van der Waals surface area contributed by atoms with Crippen molar-refractivity contribution in [1.82, 2.24) is 14.5 Å². The maximum atomic E-state index is 6.12. The maximum absolute atomic E-state index is 6.12. The molecule has 0 unspecified atom stereocenters. The van der Waals surface area contributed by atoms with Gasteiger partial charge in [0.15, 0.2) is 5.82 Å². The molecule has 0 fully saturated rings. The summed E-state index contributed by atoms with van der Waals surface area (Å²) in [4.78, 5) is 9.11. The second-order valence-corrected chi connectivity index (χ2v) is 7.01. The van der Waals surface area contributed by atoms with E-state index in [1.807, 2.05) is 19.9 Å². The van der Waals surface area contributed by atoms with Gasteiger partial charge in [0, 0.05) is 25.5 Å². The van der Waals surface area contributed by atoms with E-state index in [4.69, 9.17) is 20.2 Å². The zero-order valence-electron chi connectivity index (χ0n) is 17.8.